The van der Waals surface area contributed by atoms with E-state index in [0.29, 0.717) is 17.9 Å². The van der Waals surface area contributed by atoms with Crippen LogP contribution in [-0.4, -0.2) is 24.4 Å². The van der Waals surface area contributed by atoms with Crippen LogP contribution >= 0.6 is 0 Å². The quantitative estimate of drug-likeness (QED) is 0.551. The molecule has 28 heavy (non-hydrogen) atoms. The first kappa shape index (κ1) is 20.3. The molecule has 0 unspecified atom stereocenters. The Morgan fingerprint density at radius 2 is 1.75 bits per heavy atom. The molecule has 0 atom stereocenters. The van der Waals surface area contributed by atoms with E-state index in [-0.39, 0.29) is 18.2 Å². The van der Waals surface area contributed by atoms with Crippen molar-refractivity contribution in [2.75, 3.05) is 0 Å². The SMILES string of the molecule is Cc1cccc(-c2c(C(C)C)c(=O)n([Se])c(=O)n2COCc2ccccc2)c1. The molecule has 0 N–H and O–H groups in total. The van der Waals surface area contributed by atoms with E-state index >= 15 is 0 Å². The second-order valence-corrected chi connectivity index (χ2v) is 7.83. The van der Waals surface area contributed by atoms with Gasteiger partial charge in [-0.25, -0.2) is 0 Å². The van der Waals surface area contributed by atoms with E-state index in [0.717, 1.165) is 20.3 Å². The van der Waals surface area contributed by atoms with Gasteiger partial charge in [0.05, 0.1) is 0 Å². The topological polar surface area (TPSA) is 53.2 Å². The van der Waals surface area contributed by atoms with Crippen LogP contribution in [0.1, 0.15) is 36.5 Å². The molecular formula is C22H23N2O3Se. The molecule has 145 valence electrons. The van der Waals surface area contributed by atoms with E-state index in [9.17, 15) is 9.59 Å². The van der Waals surface area contributed by atoms with Gasteiger partial charge in [0.1, 0.15) is 0 Å². The second-order valence-electron chi connectivity index (χ2n) is 7.06. The fourth-order valence-electron chi connectivity index (χ4n) is 3.22. The van der Waals surface area contributed by atoms with Crippen LogP contribution in [0, 0.1) is 6.92 Å². The van der Waals surface area contributed by atoms with Crippen molar-refractivity contribution in [3.8, 4) is 11.3 Å². The van der Waals surface area contributed by atoms with Crippen LogP contribution < -0.4 is 11.2 Å². The molecule has 0 aliphatic heterocycles. The molecule has 1 radical (unpaired) electrons. The van der Waals surface area contributed by atoms with Crippen LogP contribution in [0.5, 0.6) is 0 Å². The number of hydrogen-bond donors (Lipinski definition) is 0. The van der Waals surface area contributed by atoms with Gasteiger partial charge >= 0.3 is 173 Å². The maximum atomic E-state index is 12.9. The van der Waals surface area contributed by atoms with E-state index in [1.807, 2.05) is 75.4 Å². The minimum atomic E-state index is -0.432. The Labute approximate surface area is 172 Å². The average Bonchev–Trinajstić information content (AvgIpc) is 2.68. The molecule has 1 heterocycles. The molecular weight excluding hydrogens is 419 g/mol. The molecule has 0 fully saturated rings. The second kappa shape index (κ2) is 8.74. The number of aryl methyl sites for hydroxylation is 1. The van der Waals surface area contributed by atoms with Crippen molar-refractivity contribution >= 4 is 16.2 Å². The van der Waals surface area contributed by atoms with Gasteiger partial charge in [-0.3, -0.25) is 0 Å². The van der Waals surface area contributed by atoms with E-state index in [1.165, 1.54) is 4.57 Å². The normalized spacial score (nSPS) is 11.1. The summed E-state index contributed by atoms with van der Waals surface area (Å²) in [6, 6.07) is 17.6. The zero-order valence-electron chi connectivity index (χ0n) is 16.2. The number of ether oxygens (including phenoxy) is 1. The summed E-state index contributed by atoms with van der Waals surface area (Å²) in [5.74, 6) is -0.0522. The van der Waals surface area contributed by atoms with Crippen molar-refractivity contribution in [2.24, 2.45) is 0 Å². The fourth-order valence-corrected chi connectivity index (χ4v) is 3.63. The van der Waals surface area contributed by atoms with Crippen molar-refractivity contribution < 1.29 is 4.74 Å². The first-order valence-corrected chi connectivity index (χ1v) is 9.92. The molecule has 0 aliphatic rings. The molecule has 1 aromatic heterocycles. The van der Waals surface area contributed by atoms with Crippen molar-refractivity contribution in [3.63, 3.8) is 0 Å². The molecule has 0 saturated heterocycles. The molecule has 0 amide bonds. The third-order valence-corrected chi connectivity index (χ3v) is 5.22. The molecule has 3 rings (SSSR count). The number of nitrogens with zero attached hydrogens (tertiary/aromatic N) is 2. The summed E-state index contributed by atoms with van der Waals surface area (Å²) in [5, 5.41) is 0. The monoisotopic (exact) mass is 443 g/mol. The number of benzene rings is 2. The zero-order chi connectivity index (χ0) is 20.3. The zero-order valence-corrected chi connectivity index (χ0v) is 17.9. The summed E-state index contributed by atoms with van der Waals surface area (Å²) in [6.07, 6.45) is 0. The summed E-state index contributed by atoms with van der Waals surface area (Å²) in [6.45, 7) is 6.33. The Balaban J connectivity index is 2.11. The molecule has 3 aromatic rings. The fraction of sp³-hybridized carbons (Fsp3) is 0.273. The van der Waals surface area contributed by atoms with Gasteiger partial charge in [-0.1, -0.05) is 0 Å². The van der Waals surface area contributed by atoms with Gasteiger partial charge in [0, 0.05) is 0 Å². The number of aromatic nitrogens is 2. The van der Waals surface area contributed by atoms with E-state index in [1.54, 1.807) is 0 Å². The molecule has 2 aromatic carbocycles. The summed E-state index contributed by atoms with van der Waals surface area (Å²) in [4.78, 5) is 25.7. The number of rotatable bonds is 6. The predicted octanol–water partition coefficient (Wildman–Crippen LogP) is 3.21. The first-order valence-electron chi connectivity index (χ1n) is 9.16. The van der Waals surface area contributed by atoms with Crippen LogP contribution in [0.15, 0.2) is 64.2 Å². The predicted molar refractivity (Wildman–Crippen MR) is 112 cm³/mol. The molecule has 0 bridgehead atoms. The Hall–Kier alpha value is -2.40. The van der Waals surface area contributed by atoms with Gasteiger partial charge in [0.15, 0.2) is 0 Å². The van der Waals surface area contributed by atoms with E-state index in [2.05, 4.69) is 16.2 Å². The van der Waals surface area contributed by atoms with Gasteiger partial charge in [0.25, 0.3) is 0 Å². The molecule has 0 spiro atoms. The molecule has 5 nitrogen and oxygen atoms in total. The summed E-state index contributed by atoms with van der Waals surface area (Å²) in [5.41, 5.74) is 3.38. The summed E-state index contributed by atoms with van der Waals surface area (Å²) >= 11 is 2.59. The van der Waals surface area contributed by atoms with Crippen molar-refractivity contribution in [2.45, 2.75) is 40.0 Å². The van der Waals surface area contributed by atoms with Crippen LogP contribution in [0.4, 0.5) is 0 Å². The summed E-state index contributed by atoms with van der Waals surface area (Å²) in [7, 11) is 0. The van der Waals surface area contributed by atoms with E-state index < -0.39 is 5.69 Å². The summed E-state index contributed by atoms with van der Waals surface area (Å²) < 4.78 is 8.42. The van der Waals surface area contributed by atoms with Gasteiger partial charge in [-0.15, -0.1) is 0 Å². The maximum absolute atomic E-state index is 12.9. The van der Waals surface area contributed by atoms with Crippen LogP contribution in [-0.2, 0) is 18.1 Å². The van der Waals surface area contributed by atoms with Crippen molar-refractivity contribution in [1.82, 2.24) is 8.15 Å². The van der Waals surface area contributed by atoms with Crippen molar-refractivity contribution in [3.05, 3.63) is 92.1 Å². The Bertz CT molecular complexity index is 1090. The van der Waals surface area contributed by atoms with Gasteiger partial charge in [-0.2, -0.15) is 0 Å². The third kappa shape index (κ3) is 4.20. The van der Waals surface area contributed by atoms with Crippen LogP contribution in [0.3, 0.4) is 0 Å². The van der Waals surface area contributed by atoms with E-state index in [4.69, 9.17) is 4.74 Å². The first-order chi connectivity index (χ1) is 13.4. The third-order valence-electron chi connectivity index (χ3n) is 4.55. The van der Waals surface area contributed by atoms with Gasteiger partial charge in [-0.05, 0) is 0 Å². The average molecular weight is 442 g/mol. The van der Waals surface area contributed by atoms with Crippen molar-refractivity contribution in [1.29, 1.82) is 0 Å². The Morgan fingerprint density at radius 3 is 2.39 bits per heavy atom. The molecule has 6 heteroatoms. The molecule has 0 aliphatic carbocycles. The minimum absolute atomic E-state index is 0.0522. The van der Waals surface area contributed by atoms with Gasteiger partial charge in [0.2, 0.25) is 0 Å². The van der Waals surface area contributed by atoms with Gasteiger partial charge < -0.3 is 0 Å². The Morgan fingerprint density at radius 1 is 1.04 bits per heavy atom. The standard InChI is InChI=1S/C22H23N2O3Se/c1-15(2)19-20(18-11-7-8-16(3)12-18)23(22(26)24(28)21(19)25)14-27-13-17-9-5-4-6-10-17/h4-12,15H,13-14H2,1-3H3. The number of hydrogen-bond acceptors (Lipinski definition) is 3. The van der Waals surface area contributed by atoms with Crippen LogP contribution in [0.2, 0.25) is 0 Å². The van der Waals surface area contributed by atoms with Crippen LogP contribution in [0.25, 0.3) is 11.3 Å². The Kier molecular flexibility index (Phi) is 6.35. The molecule has 0 saturated carbocycles.